The molecule has 30 heavy (non-hydrogen) atoms. The van der Waals surface area contributed by atoms with Gasteiger partial charge in [0.05, 0.1) is 36.6 Å². The van der Waals surface area contributed by atoms with E-state index in [1.165, 1.54) is 7.11 Å². The van der Waals surface area contributed by atoms with Crippen LogP contribution in [0.4, 0.5) is 4.79 Å². The van der Waals surface area contributed by atoms with Crippen molar-refractivity contribution < 1.29 is 33.6 Å². The van der Waals surface area contributed by atoms with Gasteiger partial charge in [-0.3, -0.25) is 0 Å². The summed E-state index contributed by atoms with van der Waals surface area (Å²) in [5, 5.41) is 20.5. The van der Waals surface area contributed by atoms with Gasteiger partial charge in [0.2, 0.25) is 11.8 Å². The molecule has 0 aliphatic heterocycles. The molecule has 0 radical (unpaired) electrons. The number of H-pyrrole nitrogens is 1. The molecule has 4 rings (SSSR count). The third kappa shape index (κ3) is 3.45. The molecule has 3 N–H and O–H groups in total. The highest BCUT2D eigenvalue weighted by atomic mass is 16.7. The average molecular weight is 415 g/mol. The maximum Gasteiger partial charge on any atom is 0.515 e. The van der Waals surface area contributed by atoms with E-state index in [9.17, 15) is 15.0 Å². The Morgan fingerprint density at radius 2 is 2.07 bits per heavy atom. The molecule has 0 fully saturated rings. The average Bonchev–Trinajstić information content (AvgIpc) is 3.29. The van der Waals surface area contributed by atoms with Crippen molar-refractivity contribution in [3.63, 3.8) is 0 Å². The second-order valence-electron chi connectivity index (χ2n) is 6.99. The molecule has 1 unspecified atom stereocenters. The van der Waals surface area contributed by atoms with Gasteiger partial charge in [-0.25, -0.2) is 14.8 Å². The number of fused-ring (bicyclic) bond motifs is 5. The zero-order valence-electron chi connectivity index (χ0n) is 16.6. The molecule has 10 nitrogen and oxygen atoms in total. The number of oxazole rings is 1. The summed E-state index contributed by atoms with van der Waals surface area (Å²) in [6, 6.07) is 3.52. The maximum absolute atomic E-state index is 12.0. The third-order valence-corrected chi connectivity index (χ3v) is 4.50. The van der Waals surface area contributed by atoms with Crippen LogP contribution in [0.2, 0.25) is 0 Å². The van der Waals surface area contributed by atoms with E-state index in [0.717, 1.165) is 5.52 Å². The van der Waals surface area contributed by atoms with Gasteiger partial charge in [0.15, 0.2) is 11.7 Å². The first-order chi connectivity index (χ1) is 14.4. The second-order valence-corrected chi connectivity index (χ2v) is 6.99. The molecule has 1 atom stereocenters. The zero-order chi connectivity index (χ0) is 21.4. The number of ether oxygens (including phenoxy) is 3. The van der Waals surface area contributed by atoms with Gasteiger partial charge in [0.1, 0.15) is 5.52 Å². The first-order valence-corrected chi connectivity index (χ1v) is 9.32. The van der Waals surface area contributed by atoms with Crippen LogP contribution in [0, 0.1) is 0 Å². The second kappa shape index (κ2) is 7.90. The van der Waals surface area contributed by atoms with Crippen molar-refractivity contribution in [3.8, 4) is 5.88 Å². The SMILES string of the molecule is COCc1c(OC(=O)OC(C)C)ncc2[nH]c3ccc4oc(C(O)CO)nc4c3c12. The van der Waals surface area contributed by atoms with Crippen molar-refractivity contribution in [1.82, 2.24) is 15.0 Å². The van der Waals surface area contributed by atoms with Crippen molar-refractivity contribution in [2.24, 2.45) is 0 Å². The molecule has 0 amide bonds. The third-order valence-electron chi connectivity index (χ3n) is 4.50. The number of aliphatic hydroxyl groups is 2. The van der Waals surface area contributed by atoms with Crippen LogP contribution >= 0.6 is 0 Å². The predicted octanol–water partition coefficient (Wildman–Crippen LogP) is 2.95. The van der Waals surface area contributed by atoms with Gasteiger partial charge in [-0.15, -0.1) is 0 Å². The summed E-state index contributed by atoms with van der Waals surface area (Å²) < 4.78 is 21.3. The number of benzene rings is 1. The lowest BCUT2D eigenvalue weighted by molar-refractivity contribution is 0.0705. The zero-order valence-corrected chi connectivity index (χ0v) is 16.6. The molecule has 0 bridgehead atoms. The number of rotatable bonds is 6. The van der Waals surface area contributed by atoms with E-state index in [1.54, 1.807) is 26.1 Å². The molecule has 0 aliphatic rings. The van der Waals surface area contributed by atoms with Gasteiger partial charge in [0.25, 0.3) is 0 Å². The fourth-order valence-electron chi connectivity index (χ4n) is 3.31. The quantitative estimate of drug-likeness (QED) is 0.405. The number of methoxy groups -OCH3 is 1. The topological polar surface area (TPSA) is 140 Å². The van der Waals surface area contributed by atoms with Crippen molar-refractivity contribution >= 4 is 39.1 Å². The minimum absolute atomic E-state index is 0.00804. The van der Waals surface area contributed by atoms with Crippen LogP contribution < -0.4 is 4.74 Å². The molecule has 10 heteroatoms. The number of nitrogens with zero attached hydrogens (tertiary/aromatic N) is 2. The Bertz CT molecular complexity index is 1230. The first-order valence-electron chi connectivity index (χ1n) is 9.32. The van der Waals surface area contributed by atoms with Crippen molar-refractivity contribution in [3.05, 3.63) is 29.8 Å². The van der Waals surface area contributed by atoms with E-state index < -0.39 is 18.9 Å². The monoisotopic (exact) mass is 415 g/mol. The highest BCUT2D eigenvalue weighted by molar-refractivity contribution is 6.19. The van der Waals surface area contributed by atoms with E-state index in [2.05, 4.69) is 15.0 Å². The van der Waals surface area contributed by atoms with Gasteiger partial charge >= 0.3 is 6.16 Å². The fraction of sp³-hybridized carbons (Fsp3) is 0.350. The lowest BCUT2D eigenvalue weighted by atomic mass is 10.1. The molecule has 1 aromatic carbocycles. The molecule has 158 valence electrons. The molecule has 0 saturated carbocycles. The minimum Gasteiger partial charge on any atom is -0.438 e. The largest absolute Gasteiger partial charge is 0.515 e. The lowest BCUT2D eigenvalue weighted by Crippen LogP contribution is -2.17. The predicted molar refractivity (Wildman–Crippen MR) is 106 cm³/mol. The van der Waals surface area contributed by atoms with Gasteiger partial charge in [-0.05, 0) is 26.0 Å². The van der Waals surface area contributed by atoms with E-state index >= 15 is 0 Å². The number of carbonyl (C=O) groups excluding carboxylic acids is 1. The van der Waals surface area contributed by atoms with Crippen LogP contribution in [-0.2, 0) is 16.1 Å². The highest BCUT2D eigenvalue weighted by Gasteiger charge is 2.23. The minimum atomic E-state index is -1.23. The Balaban J connectivity index is 1.96. The number of aromatic nitrogens is 3. The smallest absolute Gasteiger partial charge is 0.438 e. The molecule has 0 saturated heterocycles. The normalized spacial score (nSPS) is 12.9. The van der Waals surface area contributed by atoms with Crippen molar-refractivity contribution in [2.45, 2.75) is 32.7 Å². The molecule has 0 aliphatic carbocycles. The Kier molecular flexibility index (Phi) is 5.29. The summed E-state index contributed by atoms with van der Waals surface area (Å²) in [6.07, 6.45) is -0.898. The summed E-state index contributed by atoms with van der Waals surface area (Å²) in [5.74, 6) is 0.0701. The Morgan fingerprint density at radius 1 is 1.27 bits per heavy atom. The summed E-state index contributed by atoms with van der Waals surface area (Å²) in [5.41, 5.74) is 2.88. The number of hydrogen-bond donors (Lipinski definition) is 3. The van der Waals surface area contributed by atoms with E-state index in [0.29, 0.717) is 33.0 Å². The van der Waals surface area contributed by atoms with Crippen LogP contribution in [0.15, 0.2) is 22.7 Å². The number of hydrogen-bond acceptors (Lipinski definition) is 9. The van der Waals surface area contributed by atoms with Gasteiger partial charge in [-0.1, -0.05) is 0 Å². The van der Waals surface area contributed by atoms with Crippen molar-refractivity contribution in [1.29, 1.82) is 0 Å². The Hall–Kier alpha value is -3.21. The molecule has 0 spiro atoms. The Labute approximate surface area is 170 Å². The van der Waals surface area contributed by atoms with Crippen LogP contribution in [0.25, 0.3) is 32.9 Å². The standard InChI is InChI=1S/C20H21N3O7/c1-9(2)28-20(26)30-18-10(8-27-3)15-12(6-21-18)22-11-4-5-14-17(16(11)15)23-19(29-14)13(25)7-24/h4-6,9,13,22,24-25H,7-8H2,1-3H3. The number of aromatic amines is 1. The van der Waals surface area contributed by atoms with E-state index in [-0.39, 0.29) is 24.5 Å². The van der Waals surface area contributed by atoms with E-state index in [1.807, 2.05) is 6.07 Å². The lowest BCUT2D eigenvalue weighted by Gasteiger charge is -2.11. The molecule has 4 aromatic rings. The van der Waals surface area contributed by atoms with Crippen LogP contribution in [0.3, 0.4) is 0 Å². The van der Waals surface area contributed by atoms with Crippen molar-refractivity contribution in [2.75, 3.05) is 13.7 Å². The first kappa shape index (κ1) is 20.1. The summed E-state index contributed by atoms with van der Waals surface area (Å²) >= 11 is 0. The fourth-order valence-corrected chi connectivity index (χ4v) is 3.31. The summed E-state index contributed by atoms with van der Waals surface area (Å²) in [4.78, 5) is 23.9. The van der Waals surface area contributed by atoms with Gasteiger partial charge in [0, 0.05) is 23.4 Å². The summed E-state index contributed by atoms with van der Waals surface area (Å²) in [6.45, 7) is 3.03. The highest BCUT2D eigenvalue weighted by Crippen LogP contribution is 2.37. The van der Waals surface area contributed by atoms with Crippen LogP contribution in [0.1, 0.15) is 31.4 Å². The van der Waals surface area contributed by atoms with Crippen LogP contribution in [-0.4, -0.2) is 51.1 Å². The number of carbonyl (C=O) groups is 1. The molecular weight excluding hydrogens is 394 g/mol. The number of aliphatic hydroxyl groups excluding tert-OH is 2. The molecule has 3 heterocycles. The Morgan fingerprint density at radius 3 is 2.77 bits per heavy atom. The van der Waals surface area contributed by atoms with Gasteiger partial charge in [-0.2, -0.15) is 0 Å². The maximum atomic E-state index is 12.0. The van der Waals surface area contributed by atoms with Gasteiger partial charge < -0.3 is 33.8 Å². The van der Waals surface area contributed by atoms with Crippen LogP contribution in [0.5, 0.6) is 5.88 Å². The molecule has 3 aromatic heterocycles. The number of pyridine rings is 1. The number of nitrogens with one attached hydrogen (secondary N) is 1. The summed E-state index contributed by atoms with van der Waals surface area (Å²) in [7, 11) is 1.52. The molecular formula is C20H21N3O7. The van der Waals surface area contributed by atoms with E-state index in [4.69, 9.17) is 18.6 Å².